The highest BCUT2D eigenvalue weighted by atomic mass is 16.5. The molecule has 0 unspecified atom stereocenters. The molecule has 0 aliphatic carbocycles. The number of ether oxygens (including phenoxy) is 1. The second-order valence-corrected chi connectivity index (χ2v) is 6.29. The molecule has 0 saturated carbocycles. The van der Waals surface area contributed by atoms with Crippen molar-refractivity contribution in [3.05, 3.63) is 59.9 Å². The monoisotopic (exact) mass is 350 g/mol. The van der Waals surface area contributed by atoms with E-state index in [2.05, 4.69) is 9.97 Å². The molecule has 134 valence electrons. The maximum atomic E-state index is 13.1. The van der Waals surface area contributed by atoms with Gasteiger partial charge >= 0.3 is 0 Å². The Morgan fingerprint density at radius 3 is 2.62 bits per heavy atom. The summed E-state index contributed by atoms with van der Waals surface area (Å²) in [5.74, 6) is 1.40. The SMILES string of the molecule is COc1ccnc(CN(C)C(=O)c2cc(N(C)C)nc3ccccc23)c1. The molecule has 0 bridgehead atoms. The van der Waals surface area contributed by atoms with Crippen molar-refractivity contribution < 1.29 is 9.53 Å². The minimum atomic E-state index is -0.0729. The number of carbonyl (C=O) groups excluding carboxylic acids is 1. The first-order valence-corrected chi connectivity index (χ1v) is 8.31. The normalized spacial score (nSPS) is 10.6. The van der Waals surface area contributed by atoms with Gasteiger partial charge in [0.2, 0.25) is 0 Å². The third kappa shape index (κ3) is 3.59. The number of para-hydroxylation sites is 1. The van der Waals surface area contributed by atoms with Crippen molar-refractivity contribution in [2.75, 3.05) is 33.2 Å². The van der Waals surface area contributed by atoms with Crippen LogP contribution in [0.15, 0.2) is 48.7 Å². The van der Waals surface area contributed by atoms with Crippen LogP contribution in [0.3, 0.4) is 0 Å². The lowest BCUT2D eigenvalue weighted by molar-refractivity contribution is 0.0785. The highest BCUT2D eigenvalue weighted by Gasteiger charge is 2.18. The van der Waals surface area contributed by atoms with Crippen molar-refractivity contribution in [1.29, 1.82) is 0 Å². The van der Waals surface area contributed by atoms with Crippen LogP contribution in [0, 0.1) is 0 Å². The number of hydrogen-bond acceptors (Lipinski definition) is 5. The van der Waals surface area contributed by atoms with E-state index >= 15 is 0 Å². The Morgan fingerprint density at radius 1 is 1.12 bits per heavy atom. The summed E-state index contributed by atoms with van der Waals surface area (Å²) in [7, 11) is 7.21. The fraction of sp³-hybridized carbons (Fsp3) is 0.250. The molecule has 0 aliphatic heterocycles. The average molecular weight is 350 g/mol. The molecule has 0 saturated heterocycles. The Balaban J connectivity index is 1.95. The predicted molar refractivity (Wildman–Crippen MR) is 103 cm³/mol. The number of nitrogens with zero attached hydrogens (tertiary/aromatic N) is 4. The summed E-state index contributed by atoms with van der Waals surface area (Å²) in [6.45, 7) is 0.393. The molecule has 3 rings (SSSR count). The molecule has 0 fully saturated rings. The zero-order chi connectivity index (χ0) is 18.7. The first-order chi connectivity index (χ1) is 12.5. The maximum absolute atomic E-state index is 13.1. The standard InChI is InChI=1S/C20H22N4O2/c1-23(2)19-12-17(16-7-5-6-8-18(16)22-19)20(25)24(3)13-14-11-15(26-4)9-10-21-14/h5-12H,13H2,1-4H3. The van der Waals surface area contributed by atoms with E-state index in [4.69, 9.17) is 4.74 Å². The van der Waals surface area contributed by atoms with Gasteiger partial charge in [0.15, 0.2) is 0 Å². The average Bonchev–Trinajstić information content (AvgIpc) is 2.66. The zero-order valence-corrected chi connectivity index (χ0v) is 15.4. The number of anilines is 1. The lowest BCUT2D eigenvalue weighted by atomic mass is 10.1. The van der Waals surface area contributed by atoms with Crippen molar-refractivity contribution in [3.8, 4) is 5.75 Å². The minimum absolute atomic E-state index is 0.0729. The third-order valence-corrected chi connectivity index (χ3v) is 4.16. The summed E-state index contributed by atoms with van der Waals surface area (Å²) in [6, 6.07) is 13.1. The van der Waals surface area contributed by atoms with Crippen molar-refractivity contribution in [2.24, 2.45) is 0 Å². The van der Waals surface area contributed by atoms with Gasteiger partial charge < -0.3 is 14.5 Å². The van der Waals surface area contributed by atoms with E-state index in [-0.39, 0.29) is 5.91 Å². The Hall–Kier alpha value is -3.15. The van der Waals surface area contributed by atoms with Gasteiger partial charge in [0.05, 0.1) is 30.4 Å². The van der Waals surface area contributed by atoms with Crippen LogP contribution < -0.4 is 9.64 Å². The summed E-state index contributed by atoms with van der Waals surface area (Å²) in [5, 5.41) is 0.841. The Bertz CT molecular complexity index is 940. The number of rotatable bonds is 5. The molecular weight excluding hydrogens is 328 g/mol. The maximum Gasteiger partial charge on any atom is 0.254 e. The molecule has 0 aliphatic rings. The number of methoxy groups -OCH3 is 1. The van der Waals surface area contributed by atoms with E-state index in [0.717, 1.165) is 28.2 Å². The van der Waals surface area contributed by atoms with E-state index in [9.17, 15) is 4.79 Å². The number of fused-ring (bicyclic) bond motifs is 1. The summed E-state index contributed by atoms with van der Waals surface area (Å²) in [4.78, 5) is 25.6. The van der Waals surface area contributed by atoms with E-state index in [1.807, 2.05) is 55.4 Å². The van der Waals surface area contributed by atoms with Crippen LogP contribution in [0.25, 0.3) is 10.9 Å². The van der Waals surface area contributed by atoms with Crippen molar-refractivity contribution in [3.63, 3.8) is 0 Å². The van der Waals surface area contributed by atoms with Crippen molar-refractivity contribution in [2.45, 2.75) is 6.54 Å². The molecule has 6 heteroatoms. The van der Waals surface area contributed by atoms with Gasteiger partial charge in [-0.25, -0.2) is 4.98 Å². The van der Waals surface area contributed by atoms with Gasteiger partial charge in [-0.1, -0.05) is 18.2 Å². The molecular formula is C20H22N4O2. The molecule has 0 spiro atoms. The first-order valence-electron chi connectivity index (χ1n) is 8.31. The minimum Gasteiger partial charge on any atom is -0.497 e. The van der Waals surface area contributed by atoms with E-state index in [1.165, 1.54) is 0 Å². The summed E-state index contributed by atoms with van der Waals surface area (Å²) in [6.07, 6.45) is 1.68. The van der Waals surface area contributed by atoms with Crippen molar-refractivity contribution in [1.82, 2.24) is 14.9 Å². The molecule has 2 heterocycles. The van der Waals surface area contributed by atoms with Crippen LogP contribution in [-0.4, -0.2) is 49.0 Å². The van der Waals surface area contributed by atoms with E-state index in [0.29, 0.717) is 12.1 Å². The number of hydrogen-bond donors (Lipinski definition) is 0. The lowest BCUT2D eigenvalue weighted by Gasteiger charge is -2.20. The molecule has 6 nitrogen and oxygen atoms in total. The lowest BCUT2D eigenvalue weighted by Crippen LogP contribution is -2.27. The quantitative estimate of drug-likeness (QED) is 0.708. The fourth-order valence-corrected chi connectivity index (χ4v) is 2.76. The second-order valence-electron chi connectivity index (χ2n) is 6.29. The van der Waals surface area contributed by atoms with E-state index in [1.54, 1.807) is 31.3 Å². The topological polar surface area (TPSA) is 58.6 Å². The van der Waals surface area contributed by atoms with Crippen LogP contribution >= 0.6 is 0 Å². The van der Waals surface area contributed by atoms with Gasteiger partial charge in [0.25, 0.3) is 5.91 Å². The highest BCUT2D eigenvalue weighted by Crippen LogP contribution is 2.23. The van der Waals surface area contributed by atoms with Gasteiger partial charge in [0.1, 0.15) is 11.6 Å². The largest absolute Gasteiger partial charge is 0.497 e. The number of benzene rings is 1. The van der Waals surface area contributed by atoms with Gasteiger partial charge in [-0.3, -0.25) is 9.78 Å². The molecule has 0 N–H and O–H groups in total. The first kappa shape index (κ1) is 17.7. The summed E-state index contributed by atoms with van der Waals surface area (Å²) >= 11 is 0. The third-order valence-electron chi connectivity index (χ3n) is 4.16. The number of pyridine rings is 2. The fourth-order valence-electron chi connectivity index (χ4n) is 2.76. The molecule has 2 aromatic heterocycles. The predicted octanol–water partition coefficient (Wildman–Crippen LogP) is 2.98. The molecule has 0 radical (unpaired) electrons. The Labute approximate surface area is 153 Å². The molecule has 1 aromatic carbocycles. The number of aromatic nitrogens is 2. The summed E-state index contributed by atoms with van der Waals surface area (Å²) in [5.41, 5.74) is 2.20. The summed E-state index contributed by atoms with van der Waals surface area (Å²) < 4.78 is 5.22. The molecule has 26 heavy (non-hydrogen) atoms. The van der Waals surface area contributed by atoms with E-state index < -0.39 is 0 Å². The zero-order valence-electron chi connectivity index (χ0n) is 15.4. The van der Waals surface area contributed by atoms with Crippen molar-refractivity contribution >= 4 is 22.6 Å². The van der Waals surface area contributed by atoms with Crippen LogP contribution in [0.2, 0.25) is 0 Å². The van der Waals surface area contributed by atoms with Crippen LogP contribution in [-0.2, 0) is 6.54 Å². The number of amides is 1. The Morgan fingerprint density at radius 2 is 1.88 bits per heavy atom. The number of carbonyl (C=O) groups is 1. The Kier molecular flexibility index (Phi) is 5.02. The van der Waals surface area contributed by atoms with Gasteiger partial charge in [-0.05, 0) is 18.2 Å². The van der Waals surface area contributed by atoms with Crippen LogP contribution in [0.4, 0.5) is 5.82 Å². The van der Waals surface area contributed by atoms with Gasteiger partial charge in [-0.15, -0.1) is 0 Å². The molecule has 0 atom stereocenters. The van der Waals surface area contributed by atoms with Crippen LogP contribution in [0.1, 0.15) is 16.1 Å². The molecule has 3 aromatic rings. The highest BCUT2D eigenvalue weighted by molar-refractivity contribution is 6.06. The van der Waals surface area contributed by atoms with Gasteiger partial charge in [0, 0.05) is 38.8 Å². The second kappa shape index (κ2) is 7.39. The van der Waals surface area contributed by atoms with Crippen LogP contribution in [0.5, 0.6) is 5.75 Å². The smallest absolute Gasteiger partial charge is 0.254 e. The molecule has 1 amide bonds. The van der Waals surface area contributed by atoms with Gasteiger partial charge in [-0.2, -0.15) is 0 Å².